The fourth-order valence-electron chi connectivity index (χ4n) is 1.61. The molecule has 0 bridgehead atoms. The summed E-state index contributed by atoms with van der Waals surface area (Å²) in [5.74, 6) is 0.329. The van der Waals surface area contributed by atoms with E-state index in [2.05, 4.69) is 5.32 Å². The molecular formula is C14H13Cl2NO2S. The second-order valence-electron chi connectivity index (χ2n) is 4.17. The molecule has 0 spiro atoms. The van der Waals surface area contributed by atoms with Crippen LogP contribution in [0.4, 0.5) is 0 Å². The molecule has 0 aliphatic heterocycles. The third-order valence-corrected chi connectivity index (χ3v) is 4.40. The number of thiophene rings is 1. The fraction of sp³-hybridized carbons (Fsp3) is 0.214. The van der Waals surface area contributed by atoms with Crippen molar-refractivity contribution in [3.05, 3.63) is 50.6 Å². The molecule has 2 rings (SSSR count). The second kappa shape index (κ2) is 6.97. The average molecular weight is 330 g/mol. The molecule has 1 amide bonds. The molecule has 0 aliphatic rings. The van der Waals surface area contributed by atoms with Crippen molar-refractivity contribution < 1.29 is 9.53 Å². The molecule has 3 nitrogen and oxygen atoms in total. The van der Waals surface area contributed by atoms with Crippen LogP contribution >= 0.6 is 34.5 Å². The minimum Gasteiger partial charge on any atom is -0.484 e. The zero-order valence-corrected chi connectivity index (χ0v) is 13.1. The number of hydrogen-bond acceptors (Lipinski definition) is 3. The maximum Gasteiger partial charge on any atom is 0.258 e. The molecule has 20 heavy (non-hydrogen) atoms. The minimum atomic E-state index is -0.183. The van der Waals surface area contributed by atoms with Crippen LogP contribution in [0.3, 0.4) is 0 Å². The van der Waals surface area contributed by atoms with Gasteiger partial charge in [-0.25, -0.2) is 0 Å². The summed E-state index contributed by atoms with van der Waals surface area (Å²) in [6, 6.07) is 8.79. The summed E-state index contributed by atoms with van der Waals surface area (Å²) in [6.45, 7) is 1.87. The van der Waals surface area contributed by atoms with Gasteiger partial charge in [-0.2, -0.15) is 0 Å². The molecule has 0 saturated carbocycles. The lowest BCUT2D eigenvalue weighted by Gasteiger charge is -2.13. The molecule has 1 aromatic carbocycles. The van der Waals surface area contributed by atoms with Gasteiger partial charge >= 0.3 is 0 Å². The number of halogens is 2. The molecule has 1 atom stereocenters. The van der Waals surface area contributed by atoms with Gasteiger partial charge in [0.05, 0.1) is 16.1 Å². The van der Waals surface area contributed by atoms with Crippen LogP contribution in [0.2, 0.25) is 10.0 Å². The Bertz CT molecular complexity index is 587. The first-order chi connectivity index (χ1) is 9.56. The minimum absolute atomic E-state index is 0.0279. The zero-order valence-electron chi connectivity index (χ0n) is 10.7. The Kier molecular flexibility index (Phi) is 5.29. The molecule has 1 heterocycles. The first-order valence-electron chi connectivity index (χ1n) is 5.97. The van der Waals surface area contributed by atoms with Gasteiger partial charge in [0.2, 0.25) is 0 Å². The SMILES string of the molecule is C[C@H](NC(=O)COc1ccc(Cl)c(Cl)c1)c1cccs1. The molecule has 6 heteroatoms. The summed E-state index contributed by atoms with van der Waals surface area (Å²) < 4.78 is 5.37. The lowest BCUT2D eigenvalue weighted by molar-refractivity contribution is -0.123. The normalized spacial score (nSPS) is 11.9. The quantitative estimate of drug-likeness (QED) is 0.887. The maximum absolute atomic E-state index is 11.8. The molecule has 1 N–H and O–H groups in total. The van der Waals surface area contributed by atoms with Gasteiger partial charge in [-0.1, -0.05) is 29.3 Å². The largest absolute Gasteiger partial charge is 0.484 e. The molecule has 0 aliphatic carbocycles. The molecular weight excluding hydrogens is 317 g/mol. The lowest BCUT2D eigenvalue weighted by atomic mass is 10.3. The van der Waals surface area contributed by atoms with Crippen molar-refractivity contribution in [1.29, 1.82) is 0 Å². The highest BCUT2D eigenvalue weighted by molar-refractivity contribution is 7.10. The highest BCUT2D eigenvalue weighted by atomic mass is 35.5. The Morgan fingerprint density at radius 2 is 2.15 bits per heavy atom. The number of rotatable bonds is 5. The van der Waals surface area contributed by atoms with Gasteiger partial charge in [0.25, 0.3) is 5.91 Å². The van der Waals surface area contributed by atoms with Crippen molar-refractivity contribution >= 4 is 40.4 Å². The number of amides is 1. The summed E-state index contributed by atoms with van der Waals surface area (Å²) in [5.41, 5.74) is 0. The van der Waals surface area contributed by atoms with Crippen LogP contribution in [0.15, 0.2) is 35.7 Å². The van der Waals surface area contributed by atoms with Gasteiger partial charge in [0, 0.05) is 10.9 Å². The smallest absolute Gasteiger partial charge is 0.258 e. The van der Waals surface area contributed by atoms with E-state index in [0.29, 0.717) is 15.8 Å². The molecule has 0 fully saturated rings. The van der Waals surface area contributed by atoms with Crippen molar-refractivity contribution in [2.75, 3.05) is 6.61 Å². The number of nitrogens with one attached hydrogen (secondary N) is 1. The Balaban J connectivity index is 1.84. The predicted molar refractivity (Wildman–Crippen MR) is 82.8 cm³/mol. The van der Waals surface area contributed by atoms with Gasteiger partial charge in [-0.05, 0) is 30.5 Å². The predicted octanol–water partition coefficient (Wildman–Crippen LogP) is 4.31. The van der Waals surface area contributed by atoms with E-state index in [9.17, 15) is 4.79 Å². The molecule has 0 saturated heterocycles. The van der Waals surface area contributed by atoms with Crippen LogP contribution in [0.1, 0.15) is 17.8 Å². The summed E-state index contributed by atoms with van der Waals surface area (Å²) in [7, 11) is 0. The second-order valence-corrected chi connectivity index (χ2v) is 5.96. The first kappa shape index (κ1) is 15.2. The lowest BCUT2D eigenvalue weighted by Crippen LogP contribution is -2.30. The van der Waals surface area contributed by atoms with Crippen molar-refractivity contribution in [3.63, 3.8) is 0 Å². The van der Waals surface area contributed by atoms with Crippen molar-refractivity contribution in [2.45, 2.75) is 13.0 Å². The highest BCUT2D eigenvalue weighted by Crippen LogP contribution is 2.26. The van der Waals surface area contributed by atoms with Gasteiger partial charge in [-0.3, -0.25) is 4.79 Å². The summed E-state index contributed by atoms with van der Waals surface area (Å²) in [6.07, 6.45) is 0. The van der Waals surface area contributed by atoms with Crippen LogP contribution < -0.4 is 10.1 Å². The summed E-state index contributed by atoms with van der Waals surface area (Å²) in [5, 5.41) is 5.70. The molecule has 1 aromatic heterocycles. The maximum atomic E-state index is 11.8. The Labute approximate surface area is 131 Å². The van der Waals surface area contributed by atoms with E-state index < -0.39 is 0 Å². The van der Waals surface area contributed by atoms with Gasteiger partial charge in [-0.15, -0.1) is 11.3 Å². The third kappa shape index (κ3) is 4.13. The van der Waals surface area contributed by atoms with Gasteiger partial charge < -0.3 is 10.1 Å². The van der Waals surface area contributed by atoms with Crippen molar-refractivity contribution in [2.24, 2.45) is 0 Å². The van der Waals surface area contributed by atoms with E-state index in [1.807, 2.05) is 24.4 Å². The Morgan fingerprint density at radius 1 is 1.35 bits per heavy atom. The van der Waals surface area contributed by atoms with E-state index in [-0.39, 0.29) is 18.6 Å². The van der Waals surface area contributed by atoms with Crippen LogP contribution in [-0.4, -0.2) is 12.5 Å². The average Bonchev–Trinajstić information content (AvgIpc) is 2.94. The van der Waals surface area contributed by atoms with Crippen LogP contribution in [-0.2, 0) is 4.79 Å². The Morgan fingerprint density at radius 3 is 2.80 bits per heavy atom. The van der Waals surface area contributed by atoms with Crippen LogP contribution in [0.5, 0.6) is 5.75 Å². The fourth-order valence-corrected chi connectivity index (χ4v) is 2.63. The van der Waals surface area contributed by atoms with E-state index in [1.54, 1.807) is 29.5 Å². The van der Waals surface area contributed by atoms with E-state index in [0.717, 1.165) is 4.88 Å². The summed E-state index contributed by atoms with van der Waals surface area (Å²) >= 11 is 13.3. The van der Waals surface area contributed by atoms with Gasteiger partial charge in [0.15, 0.2) is 6.61 Å². The molecule has 0 radical (unpaired) electrons. The van der Waals surface area contributed by atoms with Crippen LogP contribution in [0, 0.1) is 0 Å². The monoisotopic (exact) mass is 329 g/mol. The summed E-state index contributed by atoms with van der Waals surface area (Å²) in [4.78, 5) is 12.9. The van der Waals surface area contributed by atoms with Crippen LogP contribution in [0.25, 0.3) is 0 Å². The first-order valence-corrected chi connectivity index (χ1v) is 7.60. The third-order valence-electron chi connectivity index (χ3n) is 2.61. The highest BCUT2D eigenvalue weighted by Gasteiger charge is 2.11. The van der Waals surface area contributed by atoms with Crippen molar-refractivity contribution in [3.8, 4) is 5.75 Å². The number of carbonyl (C=O) groups is 1. The Hall–Kier alpha value is -1.23. The van der Waals surface area contributed by atoms with E-state index in [4.69, 9.17) is 27.9 Å². The number of ether oxygens (including phenoxy) is 1. The van der Waals surface area contributed by atoms with E-state index >= 15 is 0 Å². The molecule has 106 valence electrons. The molecule has 0 unspecified atom stereocenters. The zero-order chi connectivity index (χ0) is 14.5. The number of benzene rings is 1. The standard InChI is InChI=1S/C14H13Cl2NO2S/c1-9(13-3-2-6-20-13)17-14(18)8-19-10-4-5-11(15)12(16)7-10/h2-7,9H,8H2,1H3,(H,17,18)/t9-/m0/s1. The van der Waals surface area contributed by atoms with E-state index in [1.165, 1.54) is 0 Å². The number of carbonyl (C=O) groups excluding carboxylic acids is 1. The molecule has 2 aromatic rings. The van der Waals surface area contributed by atoms with Gasteiger partial charge in [0.1, 0.15) is 5.75 Å². The number of hydrogen-bond donors (Lipinski definition) is 1. The van der Waals surface area contributed by atoms with Crippen molar-refractivity contribution in [1.82, 2.24) is 5.32 Å². The topological polar surface area (TPSA) is 38.3 Å².